The fourth-order valence-corrected chi connectivity index (χ4v) is 2.05. The fraction of sp³-hybridized carbons (Fsp3) is 0.182. The smallest absolute Gasteiger partial charge is 0.337 e. The van der Waals surface area contributed by atoms with Crippen LogP contribution in [0.1, 0.15) is 21.7 Å². The predicted octanol–water partition coefficient (Wildman–Crippen LogP) is 1.45. The summed E-state index contributed by atoms with van der Waals surface area (Å²) in [7, 11) is 0. The summed E-state index contributed by atoms with van der Waals surface area (Å²) in [6.45, 7) is 2.08. The second-order valence-corrected chi connectivity index (χ2v) is 4.50. The Bertz CT molecular complexity index is 632. The van der Waals surface area contributed by atoms with Gasteiger partial charge in [-0.3, -0.25) is 4.79 Å². The molecule has 0 radical (unpaired) electrons. The molecule has 0 unspecified atom stereocenters. The number of H-pyrrole nitrogens is 1. The number of aromatic carboxylic acids is 1. The van der Waals surface area contributed by atoms with Crippen LogP contribution in [0.25, 0.3) is 0 Å². The van der Waals surface area contributed by atoms with Gasteiger partial charge in [0, 0.05) is 11.1 Å². The Kier molecular flexibility index (Phi) is 3.42. The molecule has 0 aliphatic heterocycles. The number of rotatable bonds is 4. The van der Waals surface area contributed by atoms with E-state index < -0.39 is 5.97 Å². The average Bonchev–Trinajstić information content (AvgIpc) is 2.72. The molecule has 0 spiro atoms. The Labute approximate surface area is 106 Å². The van der Waals surface area contributed by atoms with E-state index in [4.69, 9.17) is 5.11 Å². The third-order valence-electron chi connectivity index (χ3n) is 2.35. The fourth-order valence-electron chi connectivity index (χ4n) is 1.47. The number of hydrogen-bond donors (Lipinski definition) is 3. The summed E-state index contributed by atoms with van der Waals surface area (Å²) in [6.07, 6.45) is 0. The van der Waals surface area contributed by atoms with Gasteiger partial charge in [-0.2, -0.15) is 0 Å². The van der Waals surface area contributed by atoms with Crippen molar-refractivity contribution < 1.29 is 9.90 Å². The molecule has 6 nitrogen and oxygen atoms in total. The number of thiazole rings is 1. The summed E-state index contributed by atoms with van der Waals surface area (Å²) in [5, 5.41) is 13.6. The number of carboxylic acid groups (broad SMARTS) is 1. The summed E-state index contributed by atoms with van der Waals surface area (Å²) in [5.41, 5.74) is 1.41. The molecule has 0 amide bonds. The molecule has 0 aromatic carbocycles. The molecule has 0 bridgehead atoms. The third kappa shape index (κ3) is 2.75. The predicted molar refractivity (Wildman–Crippen MR) is 68.2 cm³/mol. The number of aromatic amines is 1. The van der Waals surface area contributed by atoms with E-state index in [-0.39, 0.29) is 10.4 Å². The number of carboxylic acids is 1. The van der Waals surface area contributed by atoms with Gasteiger partial charge in [-0.05, 0) is 19.1 Å². The molecule has 0 fully saturated rings. The van der Waals surface area contributed by atoms with Crippen LogP contribution in [0.5, 0.6) is 0 Å². The molecule has 2 rings (SSSR count). The molecule has 3 N–H and O–H groups in total. The van der Waals surface area contributed by atoms with E-state index in [1.165, 1.54) is 6.07 Å². The van der Waals surface area contributed by atoms with Gasteiger partial charge < -0.3 is 15.4 Å². The molecular formula is C11H11N3O3S. The van der Waals surface area contributed by atoms with Crippen LogP contribution in [-0.4, -0.2) is 21.0 Å². The van der Waals surface area contributed by atoms with E-state index in [0.29, 0.717) is 18.1 Å². The summed E-state index contributed by atoms with van der Waals surface area (Å²) in [6, 6.07) is 3.10. The van der Waals surface area contributed by atoms with Gasteiger partial charge in [0.1, 0.15) is 5.82 Å². The Hall–Kier alpha value is -2.15. The molecule has 7 heteroatoms. The summed E-state index contributed by atoms with van der Waals surface area (Å²) in [4.78, 5) is 28.5. The van der Waals surface area contributed by atoms with Crippen LogP contribution in [0.15, 0.2) is 22.3 Å². The highest BCUT2D eigenvalue weighted by Gasteiger charge is 2.08. The van der Waals surface area contributed by atoms with Crippen molar-refractivity contribution in [2.45, 2.75) is 13.5 Å². The number of aryl methyl sites for hydroxylation is 1. The highest BCUT2D eigenvalue weighted by atomic mass is 32.1. The second kappa shape index (κ2) is 5.01. The van der Waals surface area contributed by atoms with Crippen LogP contribution in [-0.2, 0) is 6.54 Å². The van der Waals surface area contributed by atoms with E-state index in [2.05, 4.69) is 15.3 Å². The highest BCUT2D eigenvalue weighted by Crippen LogP contribution is 2.11. The van der Waals surface area contributed by atoms with Crippen LogP contribution in [0.2, 0.25) is 0 Å². The molecular weight excluding hydrogens is 254 g/mol. The first kappa shape index (κ1) is 12.3. The van der Waals surface area contributed by atoms with Gasteiger partial charge in [0.2, 0.25) is 0 Å². The minimum atomic E-state index is -0.992. The summed E-state index contributed by atoms with van der Waals surface area (Å²) >= 11 is 1.10. The number of nitrogens with one attached hydrogen (secondary N) is 2. The number of anilines is 1. The second-order valence-electron chi connectivity index (χ2n) is 3.66. The minimum absolute atomic E-state index is 0.0998. The lowest BCUT2D eigenvalue weighted by atomic mass is 10.2. The van der Waals surface area contributed by atoms with Crippen molar-refractivity contribution in [3.05, 3.63) is 44.1 Å². The molecule has 2 heterocycles. The molecule has 2 aromatic rings. The van der Waals surface area contributed by atoms with Crippen molar-refractivity contribution in [3.63, 3.8) is 0 Å². The molecule has 0 saturated carbocycles. The van der Waals surface area contributed by atoms with Gasteiger partial charge >= 0.3 is 10.8 Å². The zero-order chi connectivity index (χ0) is 13.1. The van der Waals surface area contributed by atoms with Gasteiger partial charge in [0.25, 0.3) is 0 Å². The van der Waals surface area contributed by atoms with Gasteiger partial charge in [-0.1, -0.05) is 11.3 Å². The van der Waals surface area contributed by atoms with Gasteiger partial charge in [0.05, 0.1) is 17.8 Å². The Morgan fingerprint density at radius 1 is 1.56 bits per heavy atom. The Balaban J connectivity index is 2.08. The van der Waals surface area contributed by atoms with Crippen LogP contribution >= 0.6 is 11.3 Å². The normalized spacial score (nSPS) is 10.3. The maximum atomic E-state index is 10.9. The number of pyridine rings is 1. The molecule has 0 saturated heterocycles. The van der Waals surface area contributed by atoms with Gasteiger partial charge in [-0.15, -0.1) is 0 Å². The number of hydrogen-bond acceptors (Lipinski definition) is 5. The molecule has 94 valence electrons. The minimum Gasteiger partial charge on any atom is -0.478 e. The third-order valence-corrected chi connectivity index (χ3v) is 3.07. The van der Waals surface area contributed by atoms with E-state index in [1.807, 2.05) is 0 Å². The molecule has 2 aromatic heterocycles. The van der Waals surface area contributed by atoms with E-state index in [1.54, 1.807) is 18.4 Å². The maximum absolute atomic E-state index is 10.9. The average molecular weight is 265 g/mol. The van der Waals surface area contributed by atoms with E-state index in [0.717, 1.165) is 17.0 Å². The molecule has 18 heavy (non-hydrogen) atoms. The monoisotopic (exact) mass is 265 g/mol. The van der Waals surface area contributed by atoms with Crippen molar-refractivity contribution in [1.82, 2.24) is 9.97 Å². The summed E-state index contributed by atoms with van der Waals surface area (Å²) in [5.74, 6) is -0.418. The number of carbonyl (C=O) groups is 1. The van der Waals surface area contributed by atoms with Gasteiger partial charge in [-0.25, -0.2) is 9.78 Å². The zero-order valence-electron chi connectivity index (χ0n) is 9.56. The topological polar surface area (TPSA) is 95.1 Å². The van der Waals surface area contributed by atoms with Crippen molar-refractivity contribution >= 4 is 23.1 Å². The van der Waals surface area contributed by atoms with Crippen LogP contribution in [0, 0.1) is 6.92 Å². The first-order valence-electron chi connectivity index (χ1n) is 5.18. The zero-order valence-corrected chi connectivity index (χ0v) is 10.4. The van der Waals surface area contributed by atoms with Crippen LogP contribution in [0.4, 0.5) is 5.82 Å². The standard InChI is InChI=1S/C11H11N3O3S/c1-6-8(10(15)16)2-3-9(13-6)12-4-7-5-18-11(17)14-7/h2-3,5H,4H2,1H3,(H,12,13)(H,14,17)(H,15,16). The Morgan fingerprint density at radius 2 is 2.33 bits per heavy atom. The Morgan fingerprint density at radius 3 is 2.89 bits per heavy atom. The lowest BCUT2D eigenvalue weighted by Crippen LogP contribution is -2.07. The van der Waals surface area contributed by atoms with Gasteiger partial charge in [0.15, 0.2) is 0 Å². The number of aromatic nitrogens is 2. The number of nitrogens with zero attached hydrogens (tertiary/aromatic N) is 1. The van der Waals surface area contributed by atoms with Crippen LogP contribution in [0.3, 0.4) is 0 Å². The van der Waals surface area contributed by atoms with Crippen molar-refractivity contribution in [2.75, 3.05) is 5.32 Å². The SMILES string of the molecule is Cc1nc(NCc2csc(=O)[nH]2)ccc1C(=O)O. The quantitative estimate of drug-likeness (QED) is 0.777. The largest absolute Gasteiger partial charge is 0.478 e. The summed E-state index contributed by atoms with van der Waals surface area (Å²) < 4.78 is 0. The van der Waals surface area contributed by atoms with Crippen LogP contribution < -0.4 is 10.2 Å². The van der Waals surface area contributed by atoms with Crippen molar-refractivity contribution in [3.8, 4) is 0 Å². The lowest BCUT2D eigenvalue weighted by molar-refractivity contribution is 0.0695. The van der Waals surface area contributed by atoms with Crippen molar-refractivity contribution in [2.24, 2.45) is 0 Å². The molecule has 0 aliphatic carbocycles. The lowest BCUT2D eigenvalue weighted by Gasteiger charge is -2.06. The van der Waals surface area contributed by atoms with Crippen molar-refractivity contribution in [1.29, 1.82) is 0 Å². The highest BCUT2D eigenvalue weighted by molar-refractivity contribution is 7.07. The first-order valence-corrected chi connectivity index (χ1v) is 6.06. The maximum Gasteiger partial charge on any atom is 0.337 e. The van der Waals surface area contributed by atoms with E-state index in [9.17, 15) is 9.59 Å². The first-order chi connectivity index (χ1) is 8.56. The van der Waals surface area contributed by atoms with E-state index >= 15 is 0 Å². The molecule has 0 aliphatic rings. The molecule has 0 atom stereocenters.